The molecule has 0 fully saturated rings. The third-order valence-electron chi connectivity index (χ3n) is 2.99. The summed E-state index contributed by atoms with van der Waals surface area (Å²) in [7, 11) is 0. The maximum atomic E-state index is 13.2. The number of hydrogen-bond acceptors (Lipinski definition) is 2. The zero-order chi connectivity index (χ0) is 16.4. The van der Waals surface area contributed by atoms with Gasteiger partial charge in [-0.3, -0.25) is 0 Å². The molecule has 0 spiro atoms. The minimum Gasteiger partial charge on any atom is -0.457 e. The van der Waals surface area contributed by atoms with Crippen molar-refractivity contribution in [2.45, 2.75) is 18.1 Å². The van der Waals surface area contributed by atoms with E-state index in [0.717, 1.165) is 12.1 Å². The second kappa shape index (κ2) is 5.92. The Morgan fingerprint density at radius 2 is 1.27 bits per heavy atom. The fourth-order valence-corrected chi connectivity index (χ4v) is 1.75. The third kappa shape index (κ3) is 3.36. The number of nitrogens with two attached hydrogens (primary N) is 1. The Balaban J connectivity index is 2.15. The molecular weight excluding hydrogens is 305 g/mol. The first kappa shape index (κ1) is 16.2. The quantitative estimate of drug-likeness (QED) is 0.831. The van der Waals surface area contributed by atoms with E-state index in [1.165, 1.54) is 12.1 Å². The number of alkyl halides is 5. The molecule has 2 aromatic rings. The standard InChI is InChI=1S/C15H12F5NO/c16-14(17,15(18,19)20)13(21)10-6-8-12(9-7-10)22-11-4-2-1-3-5-11/h1-9,13H,21H2/t13-/m0/s1. The van der Waals surface area contributed by atoms with Crippen LogP contribution in [0.25, 0.3) is 0 Å². The van der Waals surface area contributed by atoms with Crippen LogP contribution in [0.2, 0.25) is 0 Å². The highest BCUT2D eigenvalue weighted by Gasteiger charge is 2.61. The van der Waals surface area contributed by atoms with Crippen LogP contribution in [0, 0.1) is 0 Å². The van der Waals surface area contributed by atoms with Crippen molar-refractivity contribution in [1.29, 1.82) is 0 Å². The van der Waals surface area contributed by atoms with Crippen molar-refractivity contribution in [3.63, 3.8) is 0 Å². The Morgan fingerprint density at radius 3 is 1.77 bits per heavy atom. The molecule has 1 atom stereocenters. The van der Waals surface area contributed by atoms with Gasteiger partial charge in [0.1, 0.15) is 17.5 Å². The van der Waals surface area contributed by atoms with Crippen LogP contribution in [0.4, 0.5) is 22.0 Å². The Labute approximate surface area is 123 Å². The summed E-state index contributed by atoms with van der Waals surface area (Å²) < 4.78 is 68.6. The summed E-state index contributed by atoms with van der Waals surface area (Å²) in [6.07, 6.45) is -5.70. The van der Waals surface area contributed by atoms with E-state index in [1.807, 2.05) is 0 Å². The van der Waals surface area contributed by atoms with Crippen molar-refractivity contribution in [3.05, 3.63) is 60.2 Å². The topological polar surface area (TPSA) is 35.2 Å². The summed E-state index contributed by atoms with van der Waals surface area (Å²) in [6, 6.07) is 10.9. The fraction of sp³-hybridized carbons (Fsp3) is 0.200. The first-order valence-corrected chi connectivity index (χ1v) is 6.25. The van der Waals surface area contributed by atoms with Crippen LogP contribution in [0.5, 0.6) is 11.5 Å². The lowest BCUT2D eigenvalue weighted by Crippen LogP contribution is -2.45. The first-order chi connectivity index (χ1) is 10.2. The molecule has 118 valence electrons. The van der Waals surface area contributed by atoms with E-state index in [0.29, 0.717) is 11.5 Å². The molecule has 0 bridgehead atoms. The molecule has 2 N–H and O–H groups in total. The summed E-state index contributed by atoms with van der Waals surface area (Å²) in [5.74, 6) is -4.19. The highest BCUT2D eigenvalue weighted by molar-refractivity contribution is 5.34. The highest BCUT2D eigenvalue weighted by Crippen LogP contribution is 2.43. The van der Waals surface area contributed by atoms with Crippen LogP contribution in [-0.4, -0.2) is 12.1 Å². The molecule has 7 heteroatoms. The second-order valence-electron chi connectivity index (χ2n) is 4.58. The zero-order valence-corrected chi connectivity index (χ0v) is 11.1. The predicted molar refractivity (Wildman–Crippen MR) is 70.9 cm³/mol. The summed E-state index contributed by atoms with van der Waals surface area (Å²) >= 11 is 0. The van der Waals surface area contributed by atoms with Gasteiger partial charge in [0.2, 0.25) is 0 Å². The zero-order valence-electron chi connectivity index (χ0n) is 11.1. The molecule has 2 aromatic carbocycles. The lowest BCUT2D eigenvalue weighted by Gasteiger charge is -2.26. The van der Waals surface area contributed by atoms with Crippen molar-refractivity contribution in [3.8, 4) is 11.5 Å². The molecule has 0 aromatic heterocycles. The SMILES string of the molecule is N[C@@H](c1ccc(Oc2ccccc2)cc1)C(F)(F)C(F)(F)F. The van der Waals surface area contributed by atoms with Gasteiger partial charge < -0.3 is 10.5 Å². The minimum atomic E-state index is -5.70. The number of benzene rings is 2. The molecule has 22 heavy (non-hydrogen) atoms. The monoisotopic (exact) mass is 317 g/mol. The van der Waals surface area contributed by atoms with Crippen LogP contribution in [0.1, 0.15) is 11.6 Å². The van der Waals surface area contributed by atoms with E-state index in [4.69, 9.17) is 10.5 Å². The van der Waals surface area contributed by atoms with Crippen LogP contribution in [-0.2, 0) is 0 Å². The molecule has 0 radical (unpaired) electrons. The number of halogens is 5. The summed E-state index contributed by atoms with van der Waals surface area (Å²) in [5.41, 5.74) is 4.72. The molecule has 0 unspecified atom stereocenters. The number of rotatable bonds is 4. The Hall–Kier alpha value is -2.15. The van der Waals surface area contributed by atoms with E-state index >= 15 is 0 Å². The second-order valence-corrected chi connectivity index (χ2v) is 4.58. The number of ether oxygens (including phenoxy) is 1. The van der Waals surface area contributed by atoms with E-state index in [1.54, 1.807) is 30.3 Å². The van der Waals surface area contributed by atoms with Crippen molar-refractivity contribution in [2.24, 2.45) is 5.73 Å². The maximum Gasteiger partial charge on any atom is 0.455 e. The number of para-hydroxylation sites is 1. The summed E-state index contributed by atoms with van der Waals surface area (Å²) in [5, 5.41) is 0. The third-order valence-corrected chi connectivity index (χ3v) is 2.99. The van der Waals surface area contributed by atoms with E-state index in [-0.39, 0.29) is 5.56 Å². The van der Waals surface area contributed by atoms with Crippen LogP contribution in [0.3, 0.4) is 0 Å². The van der Waals surface area contributed by atoms with Gasteiger partial charge in [-0.1, -0.05) is 30.3 Å². The highest BCUT2D eigenvalue weighted by atomic mass is 19.4. The fourth-order valence-electron chi connectivity index (χ4n) is 1.75. The van der Waals surface area contributed by atoms with Gasteiger partial charge in [0.25, 0.3) is 0 Å². The van der Waals surface area contributed by atoms with Gasteiger partial charge in [-0.2, -0.15) is 22.0 Å². The van der Waals surface area contributed by atoms with Gasteiger partial charge in [-0.05, 0) is 29.8 Å². The molecule has 0 aliphatic rings. The maximum absolute atomic E-state index is 13.2. The Bertz CT molecular complexity index is 610. The Morgan fingerprint density at radius 1 is 0.773 bits per heavy atom. The molecule has 0 heterocycles. The minimum absolute atomic E-state index is 0.303. The molecule has 2 rings (SSSR count). The van der Waals surface area contributed by atoms with Gasteiger partial charge in [-0.25, -0.2) is 0 Å². The van der Waals surface area contributed by atoms with Crippen LogP contribution >= 0.6 is 0 Å². The molecule has 0 saturated carbocycles. The van der Waals surface area contributed by atoms with Crippen molar-refractivity contribution in [2.75, 3.05) is 0 Å². The van der Waals surface area contributed by atoms with E-state index < -0.39 is 18.1 Å². The first-order valence-electron chi connectivity index (χ1n) is 6.25. The number of hydrogen-bond donors (Lipinski definition) is 1. The van der Waals surface area contributed by atoms with Crippen molar-refractivity contribution < 1.29 is 26.7 Å². The average molecular weight is 317 g/mol. The van der Waals surface area contributed by atoms with E-state index in [2.05, 4.69) is 0 Å². The van der Waals surface area contributed by atoms with Gasteiger partial charge in [0.15, 0.2) is 0 Å². The van der Waals surface area contributed by atoms with Crippen LogP contribution < -0.4 is 10.5 Å². The summed E-state index contributed by atoms with van der Waals surface area (Å²) in [6.45, 7) is 0. The van der Waals surface area contributed by atoms with Gasteiger partial charge >= 0.3 is 12.1 Å². The lowest BCUT2D eigenvalue weighted by atomic mass is 10.0. The molecule has 0 amide bonds. The van der Waals surface area contributed by atoms with Crippen LogP contribution in [0.15, 0.2) is 54.6 Å². The average Bonchev–Trinajstić information content (AvgIpc) is 2.47. The predicted octanol–water partition coefficient (Wildman–Crippen LogP) is 4.68. The van der Waals surface area contributed by atoms with E-state index in [9.17, 15) is 22.0 Å². The molecule has 2 nitrogen and oxygen atoms in total. The summed E-state index contributed by atoms with van der Waals surface area (Å²) in [4.78, 5) is 0. The van der Waals surface area contributed by atoms with Gasteiger partial charge in [-0.15, -0.1) is 0 Å². The molecule has 0 aliphatic heterocycles. The van der Waals surface area contributed by atoms with Gasteiger partial charge in [0.05, 0.1) is 0 Å². The largest absolute Gasteiger partial charge is 0.457 e. The molecular formula is C15H12F5NO. The molecule has 0 aliphatic carbocycles. The molecule has 0 saturated heterocycles. The normalized spacial score (nSPS) is 13.7. The van der Waals surface area contributed by atoms with Crippen molar-refractivity contribution >= 4 is 0 Å². The smallest absolute Gasteiger partial charge is 0.455 e. The Kier molecular flexibility index (Phi) is 4.37. The lowest BCUT2D eigenvalue weighted by molar-refractivity contribution is -0.291. The van der Waals surface area contributed by atoms with Gasteiger partial charge in [0, 0.05) is 0 Å². The van der Waals surface area contributed by atoms with Crippen molar-refractivity contribution in [1.82, 2.24) is 0 Å².